The summed E-state index contributed by atoms with van der Waals surface area (Å²) in [5.41, 5.74) is 2.38. The lowest BCUT2D eigenvalue weighted by Gasteiger charge is -2.48. The van der Waals surface area contributed by atoms with Gasteiger partial charge in [-0.1, -0.05) is 60.7 Å². The second-order valence-electron chi connectivity index (χ2n) is 9.58. The predicted octanol–water partition coefficient (Wildman–Crippen LogP) is 5.22. The van der Waals surface area contributed by atoms with Gasteiger partial charge in [0.2, 0.25) is 5.91 Å². The molecule has 1 saturated heterocycles. The van der Waals surface area contributed by atoms with E-state index in [9.17, 15) is 33.7 Å². The average molecular weight is 548 g/mol. The Labute approximate surface area is 225 Å². The van der Waals surface area contributed by atoms with E-state index in [1.165, 1.54) is 48.5 Å². The number of hydrogen-bond acceptors (Lipinski definition) is 4. The fourth-order valence-electron chi connectivity index (χ4n) is 5.19. The minimum atomic E-state index is -4.59. The molecule has 0 aliphatic carbocycles. The summed E-state index contributed by atoms with van der Waals surface area (Å²) >= 11 is 0. The Hall–Kier alpha value is -3.81. The first kappa shape index (κ1) is 26.8. The number of benzene rings is 4. The number of aliphatic hydroxyl groups is 1. The van der Waals surface area contributed by atoms with Crippen molar-refractivity contribution in [3.63, 3.8) is 0 Å². The first-order valence-corrected chi connectivity index (χ1v) is 14.1. The smallest absolute Gasteiger partial charge is 0.356 e. The number of anilines is 1. The fourth-order valence-corrected chi connectivity index (χ4v) is 5.98. The molecule has 0 bridgehead atoms. The minimum absolute atomic E-state index is 0.118. The van der Waals surface area contributed by atoms with Gasteiger partial charge in [-0.15, -0.1) is 0 Å². The van der Waals surface area contributed by atoms with Gasteiger partial charge in [-0.3, -0.25) is 9.36 Å². The van der Waals surface area contributed by atoms with Crippen molar-refractivity contribution in [2.45, 2.75) is 25.0 Å². The molecular formula is C30H27FNO6P. The van der Waals surface area contributed by atoms with Crippen molar-refractivity contribution in [1.82, 2.24) is 0 Å². The van der Waals surface area contributed by atoms with E-state index >= 15 is 0 Å². The molecule has 4 N–H and O–H groups in total. The molecule has 5 rings (SSSR count). The lowest BCUT2D eigenvalue weighted by atomic mass is 9.78. The highest BCUT2D eigenvalue weighted by Gasteiger charge is 2.48. The van der Waals surface area contributed by atoms with Crippen LogP contribution < -0.4 is 10.2 Å². The van der Waals surface area contributed by atoms with E-state index < -0.39 is 31.5 Å². The van der Waals surface area contributed by atoms with Crippen molar-refractivity contribution < 1.29 is 33.7 Å². The number of aromatic hydroxyl groups is 1. The zero-order chi connectivity index (χ0) is 27.7. The quantitative estimate of drug-likeness (QED) is 0.178. The van der Waals surface area contributed by atoms with Gasteiger partial charge < -0.3 is 24.9 Å². The van der Waals surface area contributed by atoms with Crippen molar-refractivity contribution in [3.8, 4) is 16.9 Å². The van der Waals surface area contributed by atoms with Crippen LogP contribution in [0.15, 0.2) is 97.1 Å². The third kappa shape index (κ3) is 5.37. The molecular weight excluding hydrogens is 520 g/mol. The van der Waals surface area contributed by atoms with E-state index in [0.29, 0.717) is 23.2 Å². The fraction of sp³-hybridized carbons (Fsp3) is 0.167. The molecule has 0 saturated carbocycles. The summed E-state index contributed by atoms with van der Waals surface area (Å²) in [6.07, 6.45) is -0.236. The number of phenolic OH excluding ortho intramolecular Hbond substituents is 1. The van der Waals surface area contributed by atoms with Crippen LogP contribution in [0.25, 0.3) is 11.1 Å². The second kappa shape index (κ2) is 10.8. The Bertz CT molecular complexity index is 1540. The number of rotatable bonds is 8. The Morgan fingerprint density at radius 1 is 0.872 bits per heavy atom. The van der Waals surface area contributed by atoms with E-state index in [1.54, 1.807) is 23.1 Å². The van der Waals surface area contributed by atoms with E-state index in [1.807, 2.05) is 30.3 Å². The van der Waals surface area contributed by atoms with Crippen LogP contribution in [0.2, 0.25) is 0 Å². The molecule has 39 heavy (non-hydrogen) atoms. The summed E-state index contributed by atoms with van der Waals surface area (Å²) in [5, 5.41) is 21.4. The highest BCUT2D eigenvalue weighted by molar-refractivity contribution is 7.60. The number of halogens is 1. The summed E-state index contributed by atoms with van der Waals surface area (Å²) in [4.78, 5) is 34.5. The molecule has 1 heterocycles. The van der Waals surface area contributed by atoms with Crippen molar-refractivity contribution in [3.05, 3.63) is 114 Å². The number of nitrogens with zero attached hydrogens (tertiary/aromatic N) is 1. The van der Waals surface area contributed by atoms with Gasteiger partial charge in [-0.2, -0.15) is 0 Å². The Morgan fingerprint density at radius 3 is 2.21 bits per heavy atom. The van der Waals surface area contributed by atoms with Crippen LogP contribution in [0.4, 0.5) is 10.1 Å². The lowest BCUT2D eigenvalue weighted by Crippen LogP contribution is -2.55. The number of β-lactam (4-membered cyclic amide) rings is 1. The first-order chi connectivity index (χ1) is 18.6. The van der Waals surface area contributed by atoms with Crippen LogP contribution in [0.5, 0.6) is 5.75 Å². The van der Waals surface area contributed by atoms with Crippen LogP contribution in [0, 0.1) is 11.7 Å². The van der Waals surface area contributed by atoms with Gasteiger partial charge in [-0.25, -0.2) is 4.39 Å². The van der Waals surface area contributed by atoms with Gasteiger partial charge in [-0.05, 0) is 60.4 Å². The maximum atomic E-state index is 13.3. The molecule has 1 amide bonds. The number of hydrogen-bond donors (Lipinski definition) is 4. The van der Waals surface area contributed by atoms with Crippen LogP contribution in [-0.4, -0.2) is 25.9 Å². The molecule has 1 aliphatic rings. The highest BCUT2D eigenvalue weighted by Crippen LogP contribution is 2.48. The van der Waals surface area contributed by atoms with Crippen molar-refractivity contribution in [2.75, 3.05) is 4.90 Å². The maximum absolute atomic E-state index is 13.3. The van der Waals surface area contributed by atoms with Gasteiger partial charge in [0, 0.05) is 16.8 Å². The third-order valence-corrected chi connectivity index (χ3v) is 8.14. The lowest BCUT2D eigenvalue weighted by molar-refractivity contribution is -0.131. The van der Waals surface area contributed by atoms with Gasteiger partial charge in [0.25, 0.3) is 0 Å². The Kier molecular flexibility index (Phi) is 7.38. The summed E-state index contributed by atoms with van der Waals surface area (Å²) < 4.78 is 25.3. The number of aliphatic hydroxyl groups excluding tert-OH is 1. The molecule has 1 fully saturated rings. The number of phenols is 1. The number of amides is 1. The van der Waals surface area contributed by atoms with Gasteiger partial charge in [0.15, 0.2) is 0 Å². The van der Waals surface area contributed by atoms with Crippen molar-refractivity contribution in [2.24, 2.45) is 5.92 Å². The Balaban J connectivity index is 1.46. The molecule has 4 aromatic carbocycles. The van der Waals surface area contributed by atoms with E-state index in [2.05, 4.69) is 0 Å². The monoisotopic (exact) mass is 547 g/mol. The molecule has 3 unspecified atom stereocenters. The normalized spacial score (nSPS) is 18.1. The largest absolute Gasteiger partial charge is 0.507 e. The molecule has 4 aromatic rings. The van der Waals surface area contributed by atoms with Crippen molar-refractivity contribution >= 4 is 24.5 Å². The molecule has 3 atom stereocenters. The summed E-state index contributed by atoms with van der Waals surface area (Å²) in [6.45, 7) is 0. The van der Waals surface area contributed by atoms with E-state index in [0.717, 1.165) is 0 Å². The maximum Gasteiger partial charge on any atom is 0.356 e. The van der Waals surface area contributed by atoms with Crippen LogP contribution in [-0.2, 0) is 9.36 Å². The molecule has 0 radical (unpaired) electrons. The summed E-state index contributed by atoms with van der Waals surface area (Å²) in [5.74, 6) is -1.17. The number of para-hydroxylation sites is 1. The van der Waals surface area contributed by atoms with E-state index in [4.69, 9.17) is 0 Å². The topological polar surface area (TPSA) is 118 Å². The van der Waals surface area contributed by atoms with Crippen LogP contribution >= 0.6 is 7.60 Å². The molecule has 9 heteroatoms. The zero-order valence-electron chi connectivity index (χ0n) is 20.8. The molecule has 200 valence electrons. The molecule has 7 nitrogen and oxygen atoms in total. The average Bonchev–Trinajstić information content (AvgIpc) is 2.92. The van der Waals surface area contributed by atoms with E-state index in [-0.39, 0.29) is 34.5 Å². The number of carbonyl (C=O) groups is 1. The van der Waals surface area contributed by atoms with Crippen LogP contribution in [0.1, 0.15) is 36.1 Å². The Morgan fingerprint density at radius 2 is 1.54 bits per heavy atom. The zero-order valence-corrected chi connectivity index (χ0v) is 21.7. The van der Waals surface area contributed by atoms with Gasteiger partial charge >= 0.3 is 7.60 Å². The summed E-state index contributed by atoms with van der Waals surface area (Å²) in [7, 11) is -4.59. The predicted molar refractivity (Wildman–Crippen MR) is 146 cm³/mol. The van der Waals surface area contributed by atoms with Crippen molar-refractivity contribution in [1.29, 1.82) is 0 Å². The highest BCUT2D eigenvalue weighted by atomic mass is 31.2. The number of carbonyl (C=O) groups excluding carboxylic acids is 1. The third-order valence-electron chi connectivity index (χ3n) is 7.13. The second-order valence-corrected chi connectivity index (χ2v) is 11.1. The molecule has 1 aliphatic heterocycles. The van der Waals surface area contributed by atoms with Gasteiger partial charge in [0.05, 0.1) is 23.4 Å². The SMILES string of the molecule is O=C1C(CCC(O)c2ccc(F)cc2)C(c2ccc(-c3ccccc3P(=O)(O)O)c(O)c2)N1c1ccccc1. The first-order valence-electron chi connectivity index (χ1n) is 12.4. The van der Waals surface area contributed by atoms with Crippen LogP contribution in [0.3, 0.4) is 0 Å². The standard InChI is InChI=1S/C30H27FNO6P/c31-21-13-10-19(11-14-21)26(33)17-16-25-29(32(30(25)35)22-6-2-1-3-7-22)20-12-15-23(27(34)18-20)24-8-4-5-9-28(24)39(36,37)38/h1-15,18,25-26,29,33-34H,16-17H2,(H2,36,37,38). The summed E-state index contributed by atoms with van der Waals surface area (Å²) in [6, 6.07) is 25.1. The minimum Gasteiger partial charge on any atom is -0.507 e. The van der Waals surface area contributed by atoms with Gasteiger partial charge in [0.1, 0.15) is 11.6 Å². The molecule has 0 aromatic heterocycles. The molecule has 0 spiro atoms.